The first-order valence-corrected chi connectivity index (χ1v) is 13.1. The van der Waals surface area contributed by atoms with Crippen molar-refractivity contribution < 1.29 is 36.1 Å². The molecule has 1 saturated heterocycles. The summed E-state index contributed by atoms with van der Waals surface area (Å²) in [5.74, 6) is -1.77. The van der Waals surface area contributed by atoms with Crippen LogP contribution >= 0.6 is 0 Å². The average molecular weight is 585 g/mol. The second kappa shape index (κ2) is 11.3. The van der Waals surface area contributed by atoms with E-state index in [0.717, 1.165) is 36.4 Å². The number of aromatic nitrogens is 2. The van der Waals surface area contributed by atoms with Gasteiger partial charge in [-0.05, 0) is 79.4 Å². The van der Waals surface area contributed by atoms with Crippen molar-refractivity contribution in [3.8, 4) is 11.5 Å². The average Bonchev–Trinajstić information content (AvgIpc) is 3.42. The largest absolute Gasteiger partial charge is 0.412 e. The summed E-state index contributed by atoms with van der Waals surface area (Å²) >= 11 is 0. The second-order valence-electron chi connectivity index (χ2n) is 10.1. The van der Waals surface area contributed by atoms with Crippen LogP contribution in [-0.2, 0) is 10.2 Å². The molecule has 0 spiro atoms. The number of amides is 2. The zero-order valence-electron chi connectivity index (χ0n) is 22.3. The van der Waals surface area contributed by atoms with Crippen molar-refractivity contribution in [2.75, 3.05) is 13.1 Å². The fourth-order valence-corrected chi connectivity index (χ4v) is 5.14. The fourth-order valence-electron chi connectivity index (χ4n) is 5.14. The number of rotatable bonds is 6. The molecular formula is C30H25F5N4O3. The van der Waals surface area contributed by atoms with Gasteiger partial charge in [0.15, 0.2) is 11.9 Å². The minimum Gasteiger partial charge on any atom is -0.340 e. The monoisotopic (exact) mass is 584 g/mol. The van der Waals surface area contributed by atoms with E-state index in [2.05, 4.69) is 15.5 Å². The summed E-state index contributed by atoms with van der Waals surface area (Å²) in [4.78, 5) is 32.7. The maximum atomic E-state index is 14.1. The molecule has 3 aromatic carbocycles. The van der Waals surface area contributed by atoms with Crippen LogP contribution in [0, 0.1) is 18.6 Å². The number of piperidine rings is 1. The highest BCUT2D eigenvalue weighted by atomic mass is 19.4. The zero-order valence-corrected chi connectivity index (χ0v) is 22.3. The lowest BCUT2D eigenvalue weighted by molar-refractivity contribution is -0.165. The number of hydrogen-bond acceptors (Lipinski definition) is 5. The van der Waals surface area contributed by atoms with Gasteiger partial charge in [-0.2, -0.15) is 18.2 Å². The lowest BCUT2D eigenvalue weighted by Gasteiger charge is -2.42. The zero-order chi connectivity index (χ0) is 30.1. The highest BCUT2D eigenvalue weighted by molar-refractivity contribution is 5.95. The Morgan fingerprint density at radius 2 is 1.48 bits per heavy atom. The summed E-state index contributed by atoms with van der Waals surface area (Å²) in [5, 5.41) is 5.85. The number of alkyl halides is 3. The van der Waals surface area contributed by atoms with Gasteiger partial charge in [-0.1, -0.05) is 29.4 Å². The molecule has 1 atom stereocenters. The summed E-state index contributed by atoms with van der Waals surface area (Å²) in [6.45, 7) is 1.79. The van der Waals surface area contributed by atoms with E-state index in [1.165, 1.54) is 17.0 Å². The normalized spacial score (nSPS) is 15.7. The molecule has 2 amide bonds. The smallest absolute Gasteiger partial charge is 0.340 e. The van der Waals surface area contributed by atoms with E-state index in [4.69, 9.17) is 4.52 Å². The lowest BCUT2D eigenvalue weighted by Crippen LogP contribution is -2.54. The molecule has 0 bridgehead atoms. The molecular weight excluding hydrogens is 559 g/mol. The van der Waals surface area contributed by atoms with Crippen molar-refractivity contribution >= 4 is 11.8 Å². The van der Waals surface area contributed by atoms with Crippen LogP contribution < -0.4 is 5.32 Å². The summed E-state index contributed by atoms with van der Waals surface area (Å²) in [6, 6.07) is 12.8. The van der Waals surface area contributed by atoms with E-state index >= 15 is 0 Å². The third-order valence-electron chi connectivity index (χ3n) is 7.45. The summed E-state index contributed by atoms with van der Waals surface area (Å²) in [6.07, 6.45) is -4.90. The van der Waals surface area contributed by atoms with Crippen LogP contribution in [0.2, 0.25) is 0 Å². The number of nitrogens with one attached hydrogen (secondary N) is 1. The lowest BCUT2D eigenvalue weighted by atomic mass is 9.71. The van der Waals surface area contributed by atoms with Crippen LogP contribution in [0.3, 0.4) is 0 Å². The third kappa shape index (κ3) is 5.88. The molecule has 7 nitrogen and oxygen atoms in total. The standard InChI is InChI=1S/C30H25F5N4O3/c1-18-36-26(42-38-18)20-2-4-21(5-3-20)27(40)39-16-14-29(15-17-39,22-8-12-24(32)13-9-22)28(41)37-25(30(33,34)35)19-6-10-23(31)11-7-19/h2-13,25H,14-17H2,1H3,(H,37,41)/t25-/m1/s1. The maximum Gasteiger partial charge on any atom is 0.412 e. The molecule has 0 aliphatic carbocycles. The van der Waals surface area contributed by atoms with Crippen molar-refractivity contribution in [2.24, 2.45) is 0 Å². The van der Waals surface area contributed by atoms with Gasteiger partial charge in [-0.15, -0.1) is 0 Å². The van der Waals surface area contributed by atoms with Gasteiger partial charge in [0.2, 0.25) is 5.91 Å². The Labute approximate surface area is 237 Å². The molecule has 5 rings (SSSR count). The molecule has 12 heteroatoms. The number of nitrogens with zero attached hydrogens (tertiary/aromatic N) is 3. The minimum atomic E-state index is -4.87. The highest BCUT2D eigenvalue weighted by Crippen LogP contribution is 2.39. The maximum absolute atomic E-state index is 14.1. The quantitative estimate of drug-likeness (QED) is 0.285. The number of benzene rings is 3. The van der Waals surface area contributed by atoms with Gasteiger partial charge in [-0.3, -0.25) is 9.59 Å². The first kappa shape index (κ1) is 28.9. The molecule has 1 N–H and O–H groups in total. The van der Waals surface area contributed by atoms with Gasteiger partial charge >= 0.3 is 6.18 Å². The van der Waals surface area contributed by atoms with Crippen LogP contribution in [-0.4, -0.2) is 46.1 Å². The Hall–Kier alpha value is -4.61. The van der Waals surface area contributed by atoms with Crippen LogP contribution in [0.25, 0.3) is 11.5 Å². The Bertz CT molecular complexity index is 1560. The molecule has 42 heavy (non-hydrogen) atoms. The molecule has 2 heterocycles. The summed E-state index contributed by atoms with van der Waals surface area (Å²) < 4.78 is 74.5. The molecule has 1 fully saturated rings. The van der Waals surface area contributed by atoms with Gasteiger partial charge in [0.1, 0.15) is 11.6 Å². The van der Waals surface area contributed by atoms with E-state index < -0.39 is 35.2 Å². The number of aryl methyl sites for hydroxylation is 1. The van der Waals surface area contributed by atoms with E-state index in [0.29, 0.717) is 28.4 Å². The first-order chi connectivity index (χ1) is 20.0. The van der Waals surface area contributed by atoms with Gasteiger partial charge in [-0.25, -0.2) is 8.78 Å². The Morgan fingerprint density at radius 3 is 2.00 bits per heavy atom. The first-order valence-electron chi connectivity index (χ1n) is 13.1. The highest BCUT2D eigenvalue weighted by Gasteiger charge is 2.48. The van der Waals surface area contributed by atoms with Crippen molar-refractivity contribution in [3.63, 3.8) is 0 Å². The number of carbonyl (C=O) groups excluding carboxylic acids is 2. The van der Waals surface area contributed by atoms with Crippen molar-refractivity contribution in [1.82, 2.24) is 20.4 Å². The third-order valence-corrected chi connectivity index (χ3v) is 7.45. The molecule has 0 unspecified atom stereocenters. The Kier molecular flexibility index (Phi) is 7.81. The summed E-state index contributed by atoms with van der Waals surface area (Å²) in [7, 11) is 0. The van der Waals surface area contributed by atoms with Gasteiger partial charge in [0.05, 0.1) is 5.41 Å². The molecule has 1 aliphatic heterocycles. The van der Waals surface area contributed by atoms with Crippen molar-refractivity contribution in [2.45, 2.75) is 37.4 Å². The van der Waals surface area contributed by atoms with Gasteiger partial charge in [0.25, 0.3) is 11.8 Å². The van der Waals surface area contributed by atoms with Crippen LogP contribution in [0.15, 0.2) is 77.3 Å². The van der Waals surface area contributed by atoms with E-state index in [-0.39, 0.29) is 37.4 Å². The van der Waals surface area contributed by atoms with Crippen molar-refractivity contribution in [1.29, 1.82) is 0 Å². The van der Waals surface area contributed by atoms with E-state index in [1.807, 2.05) is 0 Å². The van der Waals surface area contributed by atoms with Gasteiger partial charge in [0, 0.05) is 24.2 Å². The second-order valence-corrected chi connectivity index (χ2v) is 10.1. The van der Waals surface area contributed by atoms with Crippen LogP contribution in [0.4, 0.5) is 22.0 Å². The van der Waals surface area contributed by atoms with Crippen LogP contribution in [0.1, 0.15) is 46.2 Å². The van der Waals surface area contributed by atoms with Crippen molar-refractivity contribution in [3.05, 3.63) is 107 Å². The van der Waals surface area contributed by atoms with E-state index in [9.17, 15) is 31.5 Å². The molecule has 0 radical (unpaired) electrons. The molecule has 1 aliphatic rings. The predicted octanol–water partition coefficient (Wildman–Crippen LogP) is 5.92. The topological polar surface area (TPSA) is 88.3 Å². The van der Waals surface area contributed by atoms with Gasteiger partial charge < -0.3 is 14.7 Å². The number of halogens is 5. The summed E-state index contributed by atoms with van der Waals surface area (Å²) in [5.41, 5.74) is -0.500. The number of hydrogen-bond donors (Lipinski definition) is 1. The van der Waals surface area contributed by atoms with E-state index in [1.54, 1.807) is 31.2 Å². The fraction of sp³-hybridized carbons (Fsp3) is 0.267. The Morgan fingerprint density at radius 1 is 0.905 bits per heavy atom. The SMILES string of the molecule is Cc1noc(-c2ccc(C(=O)N3CCC(C(=O)N[C@H](c4ccc(F)cc4)C(F)(F)F)(c4ccc(F)cc4)CC3)cc2)n1. The minimum absolute atomic E-state index is 0.0104. The number of likely N-dealkylation sites (tertiary alicyclic amines) is 1. The Balaban J connectivity index is 1.38. The molecule has 218 valence electrons. The predicted molar refractivity (Wildman–Crippen MR) is 141 cm³/mol. The molecule has 4 aromatic rings. The van der Waals surface area contributed by atoms with Crippen LogP contribution in [0.5, 0.6) is 0 Å². The molecule has 1 aromatic heterocycles. The number of carbonyl (C=O) groups is 2. The molecule has 0 saturated carbocycles.